The second-order valence-corrected chi connectivity index (χ2v) is 6.56. The maximum absolute atomic E-state index is 12.8. The van der Waals surface area contributed by atoms with Gasteiger partial charge < -0.3 is 10.0 Å². The lowest BCUT2D eigenvalue weighted by molar-refractivity contribution is -0.141. The van der Waals surface area contributed by atoms with Crippen LogP contribution in [0.5, 0.6) is 0 Å². The minimum Gasteiger partial charge on any atom is -0.481 e. The lowest BCUT2D eigenvalue weighted by Gasteiger charge is -2.17. The summed E-state index contributed by atoms with van der Waals surface area (Å²) in [6.45, 7) is 2.82. The van der Waals surface area contributed by atoms with Gasteiger partial charge in [0.05, 0.1) is 12.3 Å². The van der Waals surface area contributed by atoms with Crippen LogP contribution in [0.1, 0.15) is 29.5 Å². The molecule has 4 heteroatoms. The Labute approximate surface area is 148 Å². The number of carbonyl (C=O) groups is 2. The van der Waals surface area contributed by atoms with E-state index in [2.05, 4.69) is 6.92 Å². The normalized spacial score (nSPS) is 19.8. The summed E-state index contributed by atoms with van der Waals surface area (Å²) in [5, 5.41) is 9.58. The van der Waals surface area contributed by atoms with E-state index in [1.165, 1.54) is 5.56 Å². The smallest absolute Gasteiger partial charge is 0.308 e. The highest BCUT2D eigenvalue weighted by Gasteiger charge is 2.40. The largest absolute Gasteiger partial charge is 0.481 e. The fourth-order valence-electron chi connectivity index (χ4n) is 3.65. The highest BCUT2D eigenvalue weighted by atomic mass is 16.4. The number of amides is 1. The van der Waals surface area contributed by atoms with Crippen LogP contribution in [0.25, 0.3) is 0 Å². The van der Waals surface area contributed by atoms with Crippen molar-refractivity contribution in [2.45, 2.75) is 25.7 Å². The standard InChI is InChI=1S/C21H23NO3/c1-2-15-8-6-7-11-17(15)12-20(23)22-13-18(19(14-22)21(24)25)16-9-4-3-5-10-16/h3-11,18-19H,2,12-14H2,1H3,(H,24,25). The van der Waals surface area contributed by atoms with Crippen molar-refractivity contribution in [1.82, 2.24) is 4.90 Å². The van der Waals surface area contributed by atoms with Crippen LogP contribution in [0, 0.1) is 5.92 Å². The van der Waals surface area contributed by atoms with Gasteiger partial charge in [-0.15, -0.1) is 0 Å². The lowest BCUT2D eigenvalue weighted by Crippen LogP contribution is -2.31. The molecular weight excluding hydrogens is 314 g/mol. The Bertz CT molecular complexity index is 757. The maximum Gasteiger partial charge on any atom is 0.308 e. The third-order valence-electron chi connectivity index (χ3n) is 5.06. The molecule has 1 aliphatic rings. The molecule has 0 saturated carbocycles. The second kappa shape index (κ2) is 7.51. The van der Waals surface area contributed by atoms with Gasteiger partial charge in [0.15, 0.2) is 0 Å². The molecule has 0 aromatic heterocycles. The van der Waals surface area contributed by atoms with Crippen LogP contribution in [0.2, 0.25) is 0 Å². The van der Waals surface area contributed by atoms with Crippen molar-refractivity contribution in [3.8, 4) is 0 Å². The quantitative estimate of drug-likeness (QED) is 0.912. The average molecular weight is 337 g/mol. The molecule has 0 radical (unpaired) electrons. The van der Waals surface area contributed by atoms with Crippen molar-refractivity contribution in [2.24, 2.45) is 5.92 Å². The van der Waals surface area contributed by atoms with Crippen LogP contribution < -0.4 is 0 Å². The van der Waals surface area contributed by atoms with Crippen molar-refractivity contribution in [1.29, 1.82) is 0 Å². The Hall–Kier alpha value is -2.62. The van der Waals surface area contributed by atoms with E-state index in [1.807, 2.05) is 54.6 Å². The van der Waals surface area contributed by atoms with Crippen LogP contribution in [-0.4, -0.2) is 35.0 Å². The van der Waals surface area contributed by atoms with E-state index in [0.29, 0.717) is 13.0 Å². The van der Waals surface area contributed by atoms with Crippen LogP contribution in [-0.2, 0) is 22.4 Å². The zero-order valence-corrected chi connectivity index (χ0v) is 14.4. The van der Waals surface area contributed by atoms with Gasteiger partial charge in [-0.05, 0) is 23.1 Å². The molecule has 1 fully saturated rings. The number of benzene rings is 2. The van der Waals surface area contributed by atoms with Gasteiger partial charge in [-0.25, -0.2) is 0 Å². The van der Waals surface area contributed by atoms with Crippen molar-refractivity contribution < 1.29 is 14.7 Å². The van der Waals surface area contributed by atoms with Crippen LogP contribution in [0.15, 0.2) is 54.6 Å². The molecule has 4 nitrogen and oxygen atoms in total. The minimum absolute atomic E-state index is 0.00517. The first-order chi connectivity index (χ1) is 12.1. The Morgan fingerprint density at radius 1 is 1.00 bits per heavy atom. The molecule has 0 spiro atoms. The molecule has 2 atom stereocenters. The number of aryl methyl sites for hydroxylation is 1. The van der Waals surface area contributed by atoms with Crippen molar-refractivity contribution >= 4 is 11.9 Å². The average Bonchev–Trinajstić information content (AvgIpc) is 3.09. The molecule has 1 aliphatic heterocycles. The zero-order chi connectivity index (χ0) is 17.8. The first-order valence-electron chi connectivity index (χ1n) is 8.72. The molecule has 130 valence electrons. The van der Waals surface area contributed by atoms with Gasteiger partial charge in [-0.1, -0.05) is 61.5 Å². The molecule has 1 N–H and O–H groups in total. The summed E-state index contributed by atoms with van der Waals surface area (Å²) in [5.74, 6) is -1.53. The second-order valence-electron chi connectivity index (χ2n) is 6.56. The molecule has 0 bridgehead atoms. The van der Waals surface area contributed by atoms with E-state index in [1.54, 1.807) is 4.90 Å². The van der Waals surface area contributed by atoms with Crippen molar-refractivity contribution in [3.05, 3.63) is 71.3 Å². The fourth-order valence-corrected chi connectivity index (χ4v) is 3.65. The first kappa shape index (κ1) is 17.2. The highest BCUT2D eigenvalue weighted by Crippen LogP contribution is 2.33. The molecule has 1 heterocycles. The SMILES string of the molecule is CCc1ccccc1CC(=O)N1CC(C(=O)O)C(c2ccccc2)C1. The van der Waals surface area contributed by atoms with Crippen molar-refractivity contribution in [2.75, 3.05) is 13.1 Å². The molecule has 2 aromatic carbocycles. The Balaban J connectivity index is 1.77. The number of carboxylic acids is 1. The number of hydrogen-bond acceptors (Lipinski definition) is 2. The van der Waals surface area contributed by atoms with Gasteiger partial charge >= 0.3 is 5.97 Å². The summed E-state index contributed by atoms with van der Waals surface area (Å²) >= 11 is 0. The zero-order valence-electron chi connectivity index (χ0n) is 14.4. The van der Waals surface area contributed by atoms with Gasteiger partial charge in [0.25, 0.3) is 0 Å². The van der Waals surface area contributed by atoms with E-state index in [-0.39, 0.29) is 18.4 Å². The van der Waals surface area contributed by atoms with E-state index < -0.39 is 11.9 Å². The summed E-state index contributed by atoms with van der Waals surface area (Å²) in [6, 6.07) is 17.6. The predicted molar refractivity (Wildman–Crippen MR) is 96.4 cm³/mol. The van der Waals surface area contributed by atoms with E-state index >= 15 is 0 Å². The van der Waals surface area contributed by atoms with E-state index in [4.69, 9.17) is 0 Å². The highest BCUT2D eigenvalue weighted by molar-refractivity contribution is 5.81. The molecule has 2 unspecified atom stereocenters. The van der Waals surface area contributed by atoms with Crippen LogP contribution >= 0.6 is 0 Å². The van der Waals surface area contributed by atoms with Crippen molar-refractivity contribution in [3.63, 3.8) is 0 Å². The predicted octanol–water partition coefficient (Wildman–Crippen LogP) is 3.12. The number of nitrogens with zero attached hydrogens (tertiary/aromatic N) is 1. The number of aliphatic carboxylic acids is 1. The molecule has 1 saturated heterocycles. The summed E-state index contributed by atoms with van der Waals surface area (Å²) in [4.78, 5) is 26.1. The molecular formula is C21H23NO3. The van der Waals surface area contributed by atoms with Gasteiger partial charge in [0.1, 0.15) is 0 Å². The van der Waals surface area contributed by atoms with Gasteiger partial charge in [0, 0.05) is 19.0 Å². The number of carboxylic acid groups (broad SMARTS) is 1. The summed E-state index contributed by atoms with van der Waals surface area (Å²) < 4.78 is 0. The lowest BCUT2D eigenvalue weighted by atomic mass is 9.89. The molecule has 0 aliphatic carbocycles. The van der Waals surface area contributed by atoms with E-state index in [0.717, 1.165) is 17.5 Å². The number of carbonyl (C=O) groups excluding carboxylic acids is 1. The summed E-state index contributed by atoms with van der Waals surface area (Å²) in [7, 11) is 0. The van der Waals surface area contributed by atoms with Crippen LogP contribution in [0.4, 0.5) is 0 Å². The molecule has 2 aromatic rings. The first-order valence-corrected chi connectivity index (χ1v) is 8.72. The Morgan fingerprint density at radius 2 is 1.64 bits per heavy atom. The molecule has 25 heavy (non-hydrogen) atoms. The summed E-state index contributed by atoms with van der Waals surface area (Å²) in [5.41, 5.74) is 3.19. The third kappa shape index (κ3) is 3.73. The van der Waals surface area contributed by atoms with Gasteiger partial charge in [0.2, 0.25) is 5.91 Å². The number of hydrogen-bond donors (Lipinski definition) is 1. The fraction of sp³-hybridized carbons (Fsp3) is 0.333. The molecule has 1 amide bonds. The van der Waals surface area contributed by atoms with E-state index in [9.17, 15) is 14.7 Å². The third-order valence-corrected chi connectivity index (χ3v) is 5.06. The Morgan fingerprint density at radius 3 is 2.28 bits per heavy atom. The summed E-state index contributed by atoms with van der Waals surface area (Å²) in [6.07, 6.45) is 1.21. The minimum atomic E-state index is -0.835. The number of rotatable bonds is 5. The molecule has 3 rings (SSSR count). The monoisotopic (exact) mass is 337 g/mol. The Kier molecular flexibility index (Phi) is 5.17. The maximum atomic E-state index is 12.8. The van der Waals surface area contributed by atoms with Crippen LogP contribution in [0.3, 0.4) is 0 Å². The van der Waals surface area contributed by atoms with Gasteiger partial charge in [-0.2, -0.15) is 0 Å². The van der Waals surface area contributed by atoms with Gasteiger partial charge in [-0.3, -0.25) is 9.59 Å². The number of likely N-dealkylation sites (tertiary alicyclic amines) is 1. The topological polar surface area (TPSA) is 57.6 Å².